The second-order valence-electron chi connectivity index (χ2n) is 3.61. The molecule has 1 unspecified atom stereocenters. The molecule has 0 aliphatic heterocycles. The summed E-state index contributed by atoms with van der Waals surface area (Å²) in [6, 6.07) is 1.79. The molecular weight excluding hydrogens is 192 g/mol. The van der Waals surface area contributed by atoms with Crippen LogP contribution in [0.25, 0.3) is 0 Å². The summed E-state index contributed by atoms with van der Waals surface area (Å²) >= 11 is 0. The molecular formula is C11H14N2O2. The van der Waals surface area contributed by atoms with Gasteiger partial charge >= 0.3 is 0 Å². The van der Waals surface area contributed by atoms with E-state index in [4.69, 9.17) is 4.42 Å². The molecule has 0 fully saturated rings. The molecule has 0 aromatic carbocycles. The number of aliphatic hydroxyl groups is 1. The third-order valence-electron chi connectivity index (χ3n) is 2.55. The molecule has 15 heavy (non-hydrogen) atoms. The fourth-order valence-corrected chi connectivity index (χ4v) is 1.62. The molecule has 0 amide bonds. The first-order chi connectivity index (χ1) is 7.18. The van der Waals surface area contributed by atoms with Gasteiger partial charge in [-0.25, -0.2) is 4.98 Å². The van der Waals surface area contributed by atoms with Crippen LogP contribution in [0.3, 0.4) is 0 Å². The summed E-state index contributed by atoms with van der Waals surface area (Å²) in [4.78, 5) is 4.17. The summed E-state index contributed by atoms with van der Waals surface area (Å²) in [5.41, 5.74) is 0.831. The van der Waals surface area contributed by atoms with Crippen molar-refractivity contribution in [3.63, 3.8) is 0 Å². The SMILES string of the molecule is Cc1occc1C(O)Cc1nccn1C. The van der Waals surface area contributed by atoms with Gasteiger partial charge in [-0.3, -0.25) is 0 Å². The van der Waals surface area contributed by atoms with Crippen LogP contribution in [0.15, 0.2) is 29.1 Å². The van der Waals surface area contributed by atoms with Crippen LogP contribution >= 0.6 is 0 Å². The number of hydrogen-bond acceptors (Lipinski definition) is 3. The first kappa shape index (κ1) is 9.98. The highest BCUT2D eigenvalue weighted by atomic mass is 16.3. The van der Waals surface area contributed by atoms with Crippen LogP contribution < -0.4 is 0 Å². The summed E-state index contributed by atoms with van der Waals surface area (Å²) in [5, 5.41) is 9.97. The molecule has 4 heteroatoms. The Hall–Kier alpha value is -1.55. The molecule has 1 atom stereocenters. The van der Waals surface area contributed by atoms with Gasteiger partial charge in [0.05, 0.1) is 12.4 Å². The Kier molecular flexibility index (Phi) is 2.60. The predicted molar refractivity (Wildman–Crippen MR) is 55.3 cm³/mol. The van der Waals surface area contributed by atoms with Gasteiger partial charge in [-0.2, -0.15) is 0 Å². The maximum Gasteiger partial charge on any atom is 0.111 e. The van der Waals surface area contributed by atoms with Gasteiger partial charge in [0.1, 0.15) is 11.6 Å². The lowest BCUT2D eigenvalue weighted by molar-refractivity contribution is 0.173. The minimum atomic E-state index is -0.551. The molecule has 2 aromatic rings. The molecule has 80 valence electrons. The third kappa shape index (κ3) is 1.94. The Labute approximate surface area is 88.2 Å². The second-order valence-corrected chi connectivity index (χ2v) is 3.61. The van der Waals surface area contributed by atoms with Crippen molar-refractivity contribution < 1.29 is 9.52 Å². The molecule has 0 radical (unpaired) electrons. The lowest BCUT2D eigenvalue weighted by atomic mass is 10.1. The lowest BCUT2D eigenvalue weighted by Gasteiger charge is -2.09. The predicted octanol–water partition coefficient (Wildman–Crippen LogP) is 1.60. The Morgan fingerprint density at radius 3 is 2.93 bits per heavy atom. The largest absolute Gasteiger partial charge is 0.469 e. The zero-order valence-electron chi connectivity index (χ0n) is 8.84. The highest BCUT2D eigenvalue weighted by Crippen LogP contribution is 2.21. The van der Waals surface area contributed by atoms with Crippen LogP contribution in [0.5, 0.6) is 0 Å². The zero-order chi connectivity index (χ0) is 10.8. The number of hydrogen-bond donors (Lipinski definition) is 1. The molecule has 1 N–H and O–H groups in total. The third-order valence-corrected chi connectivity index (χ3v) is 2.55. The van der Waals surface area contributed by atoms with E-state index in [-0.39, 0.29) is 0 Å². The molecule has 2 heterocycles. The van der Waals surface area contributed by atoms with Crippen molar-refractivity contribution in [1.82, 2.24) is 9.55 Å². The topological polar surface area (TPSA) is 51.2 Å². The highest BCUT2D eigenvalue weighted by Gasteiger charge is 2.15. The van der Waals surface area contributed by atoms with Gasteiger partial charge in [-0.15, -0.1) is 0 Å². The van der Waals surface area contributed by atoms with E-state index in [0.29, 0.717) is 6.42 Å². The number of nitrogens with zero attached hydrogens (tertiary/aromatic N) is 2. The normalized spacial score (nSPS) is 13.0. The van der Waals surface area contributed by atoms with Crippen LogP contribution in [-0.2, 0) is 13.5 Å². The van der Waals surface area contributed by atoms with Crippen LogP contribution in [0, 0.1) is 6.92 Å². The first-order valence-electron chi connectivity index (χ1n) is 4.86. The van der Waals surface area contributed by atoms with E-state index in [1.54, 1.807) is 18.5 Å². The van der Waals surface area contributed by atoms with Crippen molar-refractivity contribution >= 4 is 0 Å². The first-order valence-corrected chi connectivity index (χ1v) is 4.86. The van der Waals surface area contributed by atoms with Crippen molar-refractivity contribution in [3.05, 3.63) is 41.9 Å². The van der Waals surface area contributed by atoms with E-state index in [2.05, 4.69) is 4.98 Å². The number of rotatable bonds is 3. The summed E-state index contributed by atoms with van der Waals surface area (Å²) < 4.78 is 7.05. The summed E-state index contributed by atoms with van der Waals surface area (Å²) in [7, 11) is 1.91. The summed E-state index contributed by atoms with van der Waals surface area (Å²) in [6.07, 6.45) is 5.13. The number of imidazole rings is 1. The van der Waals surface area contributed by atoms with Crippen molar-refractivity contribution in [1.29, 1.82) is 0 Å². The van der Waals surface area contributed by atoms with Gasteiger partial charge in [0, 0.05) is 31.4 Å². The molecule has 0 bridgehead atoms. The van der Waals surface area contributed by atoms with E-state index >= 15 is 0 Å². The van der Waals surface area contributed by atoms with Gasteiger partial charge < -0.3 is 14.1 Å². The monoisotopic (exact) mass is 206 g/mol. The fraction of sp³-hybridized carbons (Fsp3) is 0.364. The quantitative estimate of drug-likeness (QED) is 0.829. The number of aliphatic hydroxyl groups excluding tert-OH is 1. The van der Waals surface area contributed by atoms with Crippen molar-refractivity contribution in [2.45, 2.75) is 19.4 Å². The molecule has 0 spiro atoms. The van der Waals surface area contributed by atoms with E-state index in [1.807, 2.05) is 24.7 Å². The van der Waals surface area contributed by atoms with E-state index < -0.39 is 6.10 Å². The van der Waals surface area contributed by atoms with E-state index in [0.717, 1.165) is 17.1 Å². The smallest absolute Gasteiger partial charge is 0.111 e. The molecule has 0 aliphatic carbocycles. The zero-order valence-corrected chi connectivity index (χ0v) is 8.84. The number of aryl methyl sites for hydroxylation is 2. The van der Waals surface area contributed by atoms with Crippen molar-refractivity contribution in [2.75, 3.05) is 0 Å². The number of aromatic nitrogens is 2. The second kappa shape index (κ2) is 3.90. The van der Waals surface area contributed by atoms with E-state index in [9.17, 15) is 5.11 Å². The Balaban J connectivity index is 2.14. The molecule has 0 aliphatic rings. The van der Waals surface area contributed by atoms with Gasteiger partial charge in [0.2, 0.25) is 0 Å². The molecule has 2 rings (SSSR count). The van der Waals surface area contributed by atoms with Crippen LogP contribution in [-0.4, -0.2) is 14.7 Å². The molecule has 0 saturated carbocycles. The van der Waals surface area contributed by atoms with Gasteiger partial charge in [-0.1, -0.05) is 0 Å². The van der Waals surface area contributed by atoms with Gasteiger partial charge in [0.15, 0.2) is 0 Å². The lowest BCUT2D eigenvalue weighted by Crippen LogP contribution is -2.06. The Bertz CT molecular complexity index is 445. The number of furan rings is 1. The molecule has 4 nitrogen and oxygen atoms in total. The summed E-state index contributed by atoms with van der Waals surface area (Å²) in [6.45, 7) is 1.84. The average Bonchev–Trinajstić information content (AvgIpc) is 2.76. The van der Waals surface area contributed by atoms with Crippen LogP contribution in [0.4, 0.5) is 0 Å². The van der Waals surface area contributed by atoms with E-state index in [1.165, 1.54) is 0 Å². The maximum absolute atomic E-state index is 9.97. The Morgan fingerprint density at radius 1 is 1.60 bits per heavy atom. The van der Waals surface area contributed by atoms with Gasteiger partial charge in [-0.05, 0) is 13.0 Å². The molecule has 0 saturated heterocycles. The minimum absolute atomic E-state index is 0.504. The minimum Gasteiger partial charge on any atom is -0.469 e. The van der Waals surface area contributed by atoms with Crippen molar-refractivity contribution in [3.8, 4) is 0 Å². The fourth-order valence-electron chi connectivity index (χ4n) is 1.62. The Morgan fingerprint density at radius 2 is 2.40 bits per heavy atom. The van der Waals surface area contributed by atoms with Crippen LogP contribution in [0.2, 0.25) is 0 Å². The van der Waals surface area contributed by atoms with Crippen molar-refractivity contribution in [2.24, 2.45) is 7.05 Å². The maximum atomic E-state index is 9.97. The van der Waals surface area contributed by atoms with Gasteiger partial charge in [0.25, 0.3) is 0 Å². The standard InChI is InChI=1S/C11H14N2O2/c1-8-9(3-6-15-8)10(14)7-11-12-4-5-13(11)2/h3-6,10,14H,7H2,1-2H3. The highest BCUT2D eigenvalue weighted by molar-refractivity contribution is 5.19. The molecule has 2 aromatic heterocycles. The average molecular weight is 206 g/mol. The van der Waals surface area contributed by atoms with Crippen LogP contribution in [0.1, 0.15) is 23.3 Å². The summed E-state index contributed by atoms with van der Waals surface area (Å²) in [5.74, 6) is 1.62.